The number of benzene rings is 1. The molecule has 110 valence electrons. The van der Waals surface area contributed by atoms with Crippen LogP contribution in [0.25, 0.3) is 0 Å². The number of hydrogen-bond acceptors (Lipinski definition) is 4. The third kappa shape index (κ3) is 4.00. The zero-order chi connectivity index (χ0) is 15.2. The number of carbonyl (C=O) groups excluding carboxylic acids is 1. The van der Waals surface area contributed by atoms with E-state index in [1.807, 2.05) is 0 Å². The standard InChI is InChI=1S/C15H16FN3O2/c16-13-4-1-11(2-5-13)10-19(7-8-20)15(21)12-3-6-14(17)18-9-12/h1-6,9,20H,7-8,10H2,(H2,17,18). The normalized spacial score (nSPS) is 10.4. The molecule has 1 aromatic carbocycles. The number of carbonyl (C=O) groups is 1. The monoisotopic (exact) mass is 289 g/mol. The molecule has 5 nitrogen and oxygen atoms in total. The summed E-state index contributed by atoms with van der Waals surface area (Å²) < 4.78 is 12.9. The summed E-state index contributed by atoms with van der Waals surface area (Å²) in [6.45, 7) is 0.306. The smallest absolute Gasteiger partial charge is 0.255 e. The van der Waals surface area contributed by atoms with Crippen molar-refractivity contribution in [3.63, 3.8) is 0 Å². The number of anilines is 1. The molecule has 0 saturated carbocycles. The first-order valence-corrected chi connectivity index (χ1v) is 6.46. The number of aliphatic hydroxyl groups excluding tert-OH is 1. The van der Waals surface area contributed by atoms with Gasteiger partial charge in [-0.1, -0.05) is 12.1 Å². The maximum Gasteiger partial charge on any atom is 0.255 e. The summed E-state index contributed by atoms with van der Waals surface area (Å²) in [4.78, 5) is 17.7. The SMILES string of the molecule is Nc1ccc(C(=O)N(CCO)Cc2ccc(F)cc2)cn1. The summed E-state index contributed by atoms with van der Waals surface area (Å²) in [5.41, 5.74) is 6.66. The molecule has 0 radical (unpaired) electrons. The van der Waals surface area contributed by atoms with E-state index in [1.54, 1.807) is 24.3 Å². The second kappa shape index (κ2) is 6.81. The molecule has 0 aliphatic heterocycles. The lowest BCUT2D eigenvalue weighted by Crippen LogP contribution is -2.33. The zero-order valence-electron chi connectivity index (χ0n) is 11.4. The Morgan fingerprint density at radius 2 is 1.95 bits per heavy atom. The first-order valence-electron chi connectivity index (χ1n) is 6.46. The Hall–Kier alpha value is -2.47. The van der Waals surface area contributed by atoms with Gasteiger partial charge in [-0.2, -0.15) is 0 Å². The number of nitrogens with zero attached hydrogens (tertiary/aromatic N) is 2. The summed E-state index contributed by atoms with van der Waals surface area (Å²) in [6, 6.07) is 9.01. The van der Waals surface area contributed by atoms with Crippen LogP contribution in [0.1, 0.15) is 15.9 Å². The largest absolute Gasteiger partial charge is 0.395 e. The van der Waals surface area contributed by atoms with E-state index in [9.17, 15) is 9.18 Å². The molecule has 6 heteroatoms. The molecule has 3 N–H and O–H groups in total. The summed E-state index contributed by atoms with van der Waals surface area (Å²) in [7, 11) is 0. The third-order valence-corrected chi connectivity index (χ3v) is 2.98. The molecule has 2 rings (SSSR count). The number of rotatable bonds is 5. The van der Waals surface area contributed by atoms with Crippen LogP contribution in [-0.2, 0) is 6.54 Å². The molecule has 0 unspecified atom stereocenters. The fraction of sp³-hybridized carbons (Fsp3) is 0.200. The fourth-order valence-corrected chi connectivity index (χ4v) is 1.90. The number of halogens is 1. The lowest BCUT2D eigenvalue weighted by molar-refractivity contribution is 0.0707. The molecule has 0 aliphatic carbocycles. The predicted octanol–water partition coefficient (Wildman–Crippen LogP) is 1.44. The van der Waals surface area contributed by atoms with E-state index in [4.69, 9.17) is 10.8 Å². The number of nitrogens with two attached hydrogens (primary N) is 1. The van der Waals surface area contributed by atoms with Crippen molar-refractivity contribution in [3.8, 4) is 0 Å². The van der Waals surface area contributed by atoms with Gasteiger partial charge in [0.1, 0.15) is 11.6 Å². The van der Waals surface area contributed by atoms with E-state index in [2.05, 4.69) is 4.98 Å². The minimum Gasteiger partial charge on any atom is -0.395 e. The fourth-order valence-electron chi connectivity index (χ4n) is 1.90. The molecule has 1 amide bonds. The van der Waals surface area contributed by atoms with Gasteiger partial charge in [-0.15, -0.1) is 0 Å². The molecule has 1 heterocycles. The van der Waals surface area contributed by atoms with Crippen molar-refractivity contribution in [1.29, 1.82) is 0 Å². The second-order valence-corrected chi connectivity index (χ2v) is 4.55. The highest BCUT2D eigenvalue weighted by molar-refractivity contribution is 5.94. The van der Waals surface area contributed by atoms with Crippen LogP contribution >= 0.6 is 0 Å². The molecular formula is C15H16FN3O2. The molecular weight excluding hydrogens is 273 g/mol. The van der Waals surface area contributed by atoms with Gasteiger partial charge < -0.3 is 15.7 Å². The Morgan fingerprint density at radius 1 is 1.24 bits per heavy atom. The lowest BCUT2D eigenvalue weighted by atomic mass is 10.2. The maximum atomic E-state index is 12.9. The molecule has 0 spiro atoms. The highest BCUT2D eigenvalue weighted by atomic mass is 19.1. The van der Waals surface area contributed by atoms with Gasteiger partial charge in [0.15, 0.2) is 0 Å². The Morgan fingerprint density at radius 3 is 2.52 bits per heavy atom. The Kier molecular flexibility index (Phi) is 4.84. The average Bonchev–Trinajstić information content (AvgIpc) is 2.49. The van der Waals surface area contributed by atoms with Crippen LogP contribution in [0.2, 0.25) is 0 Å². The average molecular weight is 289 g/mol. The molecule has 0 fully saturated rings. The quantitative estimate of drug-likeness (QED) is 0.873. The minimum atomic E-state index is -0.332. The summed E-state index contributed by atoms with van der Waals surface area (Å²) in [5, 5.41) is 9.11. The maximum absolute atomic E-state index is 12.9. The molecule has 1 aromatic heterocycles. The van der Waals surface area contributed by atoms with Crippen molar-refractivity contribution in [1.82, 2.24) is 9.88 Å². The topological polar surface area (TPSA) is 79.5 Å². The second-order valence-electron chi connectivity index (χ2n) is 4.55. The van der Waals surface area contributed by atoms with E-state index in [-0.39, 0.29) is 31.4 Å². The molecule has 2 aromatic rings. The van der Waals surface area contributed by atoms with Gasteiger partial charge in [-0.3, -0.25) is 4.79 Å². The summed E-state index contributed by atoms with van der Waals surface area (Å²) in [6.07, 6.45) is 1.40. The van der Waals surface area contributed by atoms with Gasteiger partial charge in [0, 0.05) is 19.3 Å². The van der Waals surface area contributed by atoms with Crippen molar-refractivity contribution in [2.24, 2.45) is 0 Å². The van der Waals surface area contributed by atoms with E-state index >= 15 is 0 Å². The van der Waals surface area contributed by atoms with E-state index in [0.29, 0.717) is 11.4 Å². The van der Waals surface area contributed by atoms with Crippen molar-refractivity contribution >= 4 is 11.7 Å². The van der Waals surface area contributed by atoms with Crippen LogP contribution < -0.4 is 5.73 Å². The van der Waals surface area contributed by atoms with Gasteiger partial charge in [0.2, 0.25) is 0 Å². The Labute approximate surface area is 121 Å². The van der Waals surface area contributed by atoms with Crippen LogP contribution in [0.5, 0.6) is 0 Å². The Bertz CT molecular complexity index is 599. The Balaban J connectivity index is 2.15. The molecule has 0 bridgehead atoms. The van der Waals surface area contributed by atoms with Crippen LogP contribution in [0.15, 0.2) is 42.6 Å². The van der Waals surface area contributed by atoms with Gasteiger partial charge in [0.25, 0.3) is 5.91 Å². The van der Waals surface area contributed by atoms with Gasteiger partial charge in [-0.25, -0.2) is 9.37 Å². The zero-order valence-corrected chi connectivity index (χ0v) is 11.4. The van der Waals surface area contributed by atoms with Gasteiger partial charge in [0.05, 0.1) is 12.2 Å². The van der Waals surface area contributed by atoms with Crippen molar-refractivity contribution < 1.29 is 14.3 Å². The van der Waals surface area contributed by atoms with Crippen LogP contribution in [0.4, 0.5) is 10.2 Å². The van der Waals surface area contributed by atoms with E-state index < -0.39 is 0 Å². The first kappa shape index (κ1) is 14.9. The summed E-state index contributed by atoms with van der Waals surface area (Å²) >= 11 is 0. The van der Waals surface area contributed by atoms with Crippen LogP contribution in [-0.4, -0.2) is 34.0 Å². The number of aromatic nitrogens is 1. The van der Waals surface area contributed by atoms with Gasteiger partial charge >= 0.3 is 0 Å². The highest BCUT2D eigenvalue weighted by Gasteiger charge is 2.16. The first-order chi connectivity index (χ1) is 10.1. The van der Waals surface area contributed by atoms with E-state index in [0.717, 1.165) is 5.56 Å². The summed E-state index contributed by atoms with van der Waals surface area (Å²) in [5.74, 6) is -0.263. The number of hydrogen-bond donors (Lipinski definition) is 2. The van der Waals surface area contributed by atoms with Gasteiger partial charge in [-0.05, 0) is 29.8 Å². The third-order valence-electron chi connectivity index (χ3n) is 2.98. The lowest BCUT2D eigenvalue weighted by Gasteiger charge is -2.22. The van der Waals surface area contributed by atoms with E-state index in [1.165, 1.54) is 23.2 Å². The van der Waals surface area contributed by atoms with Crippen LogP contribution in [0, 0.1) is 5.82 Å². The molecule has 0 saturated heterocycles. The number of nitrogen functional groups attached to an aromatic ring is 1. The number of pyridine rings is 1. The van der Waals surface area contributed by atoms with Crippen molar-refractivity contribution in [2.45, 2.75) is 6.54 Å². The van der Waals surface area contributed by atoms with Crippen molar-refractivity contribution in [2.75, 3.05) is 18.9 Å². The molecule has 21 heavy (non-hydrogen) atoms. The highest BCUT2D eigenvalue weighted by Crippen LogP contribution is 2.11. The number of aliphatic hydroxyl groups is 1. The van der Waals surface area contributed by atoms with Crippen LogP contribution in [0.3, 0.4) is 0 Å². The predicted molar refractivity (Wildman–Crippen MR) is 76.9 cm³/mol. The molecule has 0 aliphatic rings. The van der Waals surface area contributed by atoms with Crippen molar-refractivity contribution in [3.05, 3.63) is 59.5 Å². The minimum absolute atomic E-state index is 0.157. The number of amides is 1. The molecule has 0 atom stereocenters.